The first-order valence-corrected chi connectivity index (χ1v) is 9.09. The minimum Gasteiger partial charge on any atom is -0.352 e. The van der Waals surface area contributed by atoms with Crippen LogP contribution in [0.15, 0.2) is 11.4 Å². The fourth-order valence-electron chi connectivity index (χ4n) is 3.27. The van der Waals surface area contributed by atoms with E-state index in [1.807, 2.05) is 0 Å². The zero-order chi connectivity index (χ0) is 14.6. The van der Waals surface area contributed by atoms with E-state index in [9.17, 15) is 4.79 Å². The summed E-state index contributed by atoms with van der Waals surface area (Å²) < 4.78 is 0. The van der Waals surface area contributed by atoms with Gasteiger partial charge in [0.05, 0.1) is 5.56 Å². The summed E-state index contributed by atoms with van der Waals surface area (Å²) in [5.41, 5.74) is 3.43. The number of carbonyl (C=O) groups excluding carboxylic acids is 1. The Morgan fingerprint density at radius 3 is 2.95 bits per heavy atom. The van der Waals surface area contributed by atoms with Crippen LogP contribution >= 0.6 is 22.7 Å². The van der Waals surface area contributed by atoms with Crippen LogP contribution in [0.2, 0.25) is 0 Å². The molecule has 4 rings (SSSR count). The van der Waals surface area contributed by atoms with Gasteiger partial charge in [-0.2, -0.15) is 0 Å². The monoisotopic (exact) mass is 318 g/mol. The lowest BCUT2D eigenvalue weighted by atomic mass is 9.88. The molecular weight excluding hydrogens is 300 g/mol. The Bertz CT molecular complexity index is 716. The maximum atomic E-state index is 12.6. The van der Waals surface area contributed by atoms with Crippen molar-refractivity contribution in [1.29, 1.82) is 0 Å². The zero-order valence-electron chi connectivity index (χ0n) is 12.2. The fourth-order valence-corrected chi connectivity index (χ4v) is 5.64. The summed E-state index contributed by atoms with van der Waals surface area (Å²) in [4.78, 5) is 15.2. The third kappa shape index (κ3) is 2.10. The average Bonchev–Trinajstić information content (AvgIpc) is 3.01. The third-order valence-corrected chi connectivity index (χ3v) is 6.72. The summed E-state index contributed by atoms with van der Waals surface area (Å²) >= 11 is 3.48. The number of aryl methyl sites for hydroxylation is 1. The molecule has 2 atom stereocenters. The van der Waals surface area contributed by atoms with Gasteiger partial charge in [-0.15, -0.1) is 22.7 Å². The van der Waals surface area contributed by atoms with Crippen molar-refractivity contribution in [2.24, 2.45) is 5.92 Å². The Morgan fingerprint density at radius 1 is 1.33 bits per heavy atom. The smallest absolute Gasteiger partial charge is 0.256 e. The number of amides is 1. The van der Waals surface area contributed by atoms with Crippen molar-refractivity contribution in [3.05, 3.63) is 37.9 Å². The second kappa shape index (κ2) is 4.85. The van der Waals surface area contributed by atoms with Gasteiger partial charge < -0.3 is 10.6 Å². The van der Waals surface area contributed by atoms with Crippen molar-refractivity contribution in [1.82, 2.24) is 5.32 Å². The van der Waals surface area contributed by atoms with Crippen LogP contribution in [0.3, 0.4) is 0 Å². The minimum atomic E-state index is -0.0810. The van der Waals surface area contributed by atoms with Gasteiger partial charge in [0.15, 0.2) is 0 Å². The Labute approximate surface area is 132 Å². The lowest BCUT2D eigenvalue weighted by Crippen LogP contribution is -2.38. The molecule has 3 nitrogen and oxygen atoms in total. The van der Waals surface area contributed by atoms with Gasteiger partial charge in [-0.05, 0) is 54.7 Å². The standard InChI is InChI=1S/C16H18N2OS2/c1-8-3-4-10-11(7-8)21-16-12(10)15(19)17-14(18-16)13-9(2)5-6-20-13/h5-6,8,14,18H,3-4,7H2,1-2H3,(H,17,19)/t8-,14+/m0/s1. The first kappa shape index (κ1) is 13.3. The summed E-state index contributed by atoms with van der Waals surface area (Å²) in [6.07, 6.45) is 3.27. The molecule has 0 radical (unpaired) electrons. The van der Waals surface area contributed by atoms with E-state index in [4.69, 9.17) is 0 Å². The van der Waals surface area contributed by atoms with Gasteiger partial charge in [0.2, 0.25) is 0 Å². The SMILES string of the molecule is Cc1ccsc1[C@@H]1NC(=O)c2c(sc3c2CC[C@H](C)C3)N1. The third-order valence-electron chi connectivity index (χ3n) is 4.45. The van der Waals surface area contributed by atoms with E-state index in [2.05, 4.69) is 35.9 Å². The number of fused-ring (bicyclic) bond motifs is 3. The number of thiophene rings is 2. The van der Waals surface area contributed by atoms with Crippen molar-refractivity contribution in [3.8, 4) is 0 Å². The highest BCUT2D eigenvalue weighted by molar-refractivity contribution is 7.16. The van der Waals surface area contributed by atoms with Crippen LogP contribution in [-0.4, -0.2) is 5.91 Å². The van der Waals surface area contributed by atoms with E-state index in [1.54, 1.807) is 22.7 Å². The molecule has 1 aliphatic heterocycles. The van der Waals surface area contributed by atoms with E-state index in [0.29, 0.717) is 0 Å². The predicted molar refractivity (Wildman–Crippen MR) is 88.4 cm³/mol. The van der Waals surface area contributed by atoms with Gasteiger partial charge in [-0.25, -0.2) is 0 Å². The second-order valence-electron chi connectivity index (χ2n) is 6.07. The van der Waals surface area contributed by atoms with Crippen LogP contribution in [0.25, 0.3) is 0 Å². The second-order valence-corrected chi connectivity index (χ2v) is 8.13. The molecule has 110 valence electrons. The highest BCUT2D eigenvalue weighted by atomic mass is 32.1. The summed E-state index contributed by atoms with van der Waals surface area (Å²) in [5, 5.41) is 9.81. The highest BCUT2D eigenvalue weighted by Gasteiger charge is 2.33. The quantitative estimate of drug-likeness (QED) is 0.831. The maximum Gasteiger partial charge on any atom is 0.256 e. The molecule has 2 aromatic heterocycles. The van der Waals surface area contributed by atoms with E-state index < -0.39 is 0 Å². The van der Waals surface area contributed by atoms with Gasteiger partial charge in [-0.3, -0.25) is 4.79 Å². The fraction of sp³-hybridized carbons (Fsp3) is 0.438. The summed E-state index contributed by atoms with van der Waals surface area (Å²) in [6.45, 7) is 4.39. The molecule has 0 bridgehead atoms. The van der Waals surface area contributed by atoms with E-state index in [-0.39, 0.29) is 12.1 Å². The number of carbonyl (C=O) groups is 1. The van der Waals surface area contributed by atoms with Crippen molar-refractivity contribution in [2.75, 3.05) is 5.32 Å². The van der Waals surface area contributed by atoms with Crippen LogP contribution in [0.4, 0.5) is 5.00 Å². The van der Waals surface area contributed by atoms with Crippen LogP contribution in [0.1, 0.15) is 50.7 Å². The molecule has 3 heterocycles. The molecule has 2 aromatic rings. The molecule has 0 unspecified atom stereocenters. The van der Waals surface area contributed by atoms with Gasteiger partial charge >= 0.3 is 0 Å². The Balaban J connectivity index is 1.73. The summed E-state index contributed by atoms with van der Waals surface area (Å²) in [6, 6.07) is 2.10. The van der Waals surface area contributed by atoms with Crippen molar-refractivity contribution >= 4 is 33.6 Å². The number of rotatable bonds is 1. The molecule has 21 heavy (non-hydrogen) atoms. The summed E-state index contributed by atoms with van der Waals surface area (Å²) in [5.74, 6) is 0.824. The van der Waals surface area contributed by atoms with Gasteiger partial charge in [0.1, 0.15) is 11.2 Å². The topological polar surface area (TPSA) is 41.1 Å². The van der Waals surface area contributed by atoms with Crippen LogP contribution < -0.4 is 10.6 Å². The van der Waals surface area contributed by atoms with E-state index in [0.717, 1.165) is 29.3 Å². The van der Waals surface area contributed by atoms with Crippen LogP contribution in [-0.2, 0) is 12.8 Å². The van der Waals surface area contributed by atoms with Crippen molar-refractivity contribution < 1.29 is 4.79 Å². The molecule has 0 spiro atoms. The minimum absolute atomic E-state index is 0.0810. The number of anilines is 1. The molecule has 5 heteroatoms. The zero-order valence-corrected chi connectivity index (χ0v) is 13.8. The van der Waals surface area contributed by atoms with Gasteiger partial charge in [0.25, 0.3) is 5.91 Å². The van der Waals surface area contributed by atoms with Crippen molar-refractivity contribution in [2.45, 2.75) is 39.3 Å². The molecule has 0 fully saturated rings. The Hall–Kier alpha value is -1.33. The maximum absolute atomic E-state index is 12.6. The first-order valence-electron chi connectivity index (χ1n) is 7.39. The molecular formula is C16H18N2OS2. The largest absolute Gasteiger partial charge is 0.352 e. The molecule has 0 saturated heterocycles. The van der Waals surface area contributed by atoms with Gasteiger partial charge in [0, 0.05) is 9.75 Å². The van der Waals surface area contributed by atoms with Crippen LogP contribution in [0, 0.1) is 12.8 Å². The van der Waals surface area contributed by atoms with Crippen LogP contribution in [0.5, 0.6) is 0 Å². The number of hydrogen-bond donors (Lipinski definition) is 2. The number of hydrogen-bond acceptors (Lipinski definition) is 4. The van der Waals surface area contributed by atoms with E-state index >= 15 is 0 Å². The molecule has 2 N–H and O–H groups in total. The molecule has 0 aromatic carbocycles. The predicted octanol–water partition coefficient (Wildman–Crippen LogP) is 4.10. The molecule has 2 aliphatic rings. The van der Waals surface area contributed by atoms with Gasteiger partial charge in [-0.1, -0.05) is 6.92 Å². The molecule has 1 amide bonds. The van der Waals surface area contributed by atoms with Crippen molar-refractivity contribution in [3.63, 3.8) is 0 Å². The molecule has 1 aliphatic carbocycles. The number of nitrogens with one attached hydrogen (secondary N) is 2. The first-order chi connectivity index (χ1) is 10.1. The summed E-state index contributed by atoms with van der Waals surface area (Å²) in [7, 11) is 0. The average molecular weight is 318 g/mol. The Morgan fingerprint density at radius 2 is 2.19 bits per heavy atom. The Kier molecular flexibility index (Phi) is 3.08. The lowest BCUT2D eigenvalue weighted by Gasteiger charge is -2.26. The highest BCUT2D eigenvalue weighted by Crippen LogP contribution is 2.43. The normalized spacial score (nSPS) is 24.0. The van der Waals surface area contributed by atoms with E-state index in [1.165, 1.54) is 27.3 Å². The lowest BCUT2D eigenvalue weighted by molar-refractivity contribution is 0.0935. The molecule has 0 saturated carbocycles.